The molecule has 34 heavy (non-hydrogen) atoms. The highest BCUT2D eigenvalue weighted by atomic mass is 32.2. The van der Waals surface area contributed by atoms with Crippen molar-refractivity contribution in [1.29, 1.82) is 0 Å². The number of hydrogen-bond donors (Lipinski definition) is 1. The molecule has 0 aliphatic carbocycles. The highest BCUT2D eigenvalue weighted by molar-refractivity contribution is 7.92. The summed E-state index contributed by atoms with van der Waals surface area (Å²) in [6.45, 7) is 2.71. The van der Waals surface area contributed by atoms with Gasteiger partial charge in [0.15, 0.2) is 0 Å². The van der Waals surface area contributed by atoms with Crippen molar-refractivity contribution in [2.75, 3.05) is 16.2 Å². The molecule has 1 aliphatic heterocycles. The van der Waals surface area contributed by atoms with Crippen molar-refractivity contribution in [2.24, 2.45) is 0 Å². The number of fused-ring (bicyclic) bond motifs is 1. The summed E-state index contributed by atoms with van der Waals surface area (Å²) < 4.78 is 27.7. The molecule has 5 nitrogen and oxygen atoms in total. The van der Waals surface area contributed by atoms with Crippen LogP contribution in [0.25, 0.3) is 0 Å². The smallest absolute Gasteiger partial charge is 0.264 e. The number of benzene rings is 2. The highest BCUT2D eigenvalue weighted by Gasteiger charge is 2.30. The van der Waals surface area contributed by atoms with Crippen molar-refractivity contribution in [3.63, 3.8) is 0 Å². The van der Waals surface area contributed by atoms with Gasteiger partial charge < -0.3 is 5.32 Å². The molecule has 0 bridgehead atoms. The summed E-state index contributed by atoms with van der Waals surface area (Å²) in [6.07, 6.45) is 15.0. The lowest BCUT2D eigenvalue weighted by Crippen LogP contribution is -2.29. The van der Waals surface area contributed by atoms with Crippen LogP contribution in [-0.4, -0.2) is 20.9 Å². The van der Waals surface area contributed by atoms with Crippen molar-refractivity contribution in [3.05, 3.63) is 54.1 Å². The van der Waals surface area contributed by atoms with Gasteiger partial charge in [0.1, 0.15) is 0 Å². The molecule has 0 radical (unpaired) electrons. The summed E-state index contributed by atoms with van der Waals surface area (Å²) in [6, 6.07) is 14.1. The van der Waals surface area contributed by atoms with Gasteiger partial charge in [0.2, 0.25) is 5.91 Å². The second-order valence-electron chi connectivity index (χ2n) is 9.31. The molecule has 0 saturated heterocycles. The van der Waals surface area contributed by atoms with Gasteiger partial charge in [-0.1, -0.05) is 89.3 Å². The summed E-state index contributed by atoms with van der Waals surface area (Å²) >= 11 is 0. The van der Waals surface area contributed by atoms with Gasteiger partial charge in [-0.2, -0.15) is 0 Å². The SMILES string of the molecule is CCCCCCCCCCCCCC(=O)Nc1ccc(S(=O)(=O)N2CCc3ccccc32)cc1. The Morgan fingerprint density at radius 3 is 2.06 bits per heavy atom. The van der Waals surface area contributed by atoms with E-state index in [1.165, 1.54) is 62.1 Å². The van der Waals surface area contributed by atoms with E-state index in [1.54, 1.807) is 24.3 Å². The summed E-state index contributed by atoms with van der Waals surface area (Å²) in [4.78, 5) is 12.5. The maximum atomic E-state index is 13.1. The number of para-hydroxylation sites is 1. The molecule has 2 aromatic rings. The van der Waals surface area contributed by atoms with Crippen LogP contribution in [0.15, 0.2) is 53.4 Å². The number of hydrogen-bond acceptors (Lipinski definition) is 3. The van der Waals surface area contributed by atoms with Crippen LogP contribution < -0.4 is 9.62 Å². The van der Waals surface area contributed by atoms with E-state index in [1.807, 2.05) is 24.3 Å². The molecule has 1 amide bonds. The van der Waals surface area contributed by atoms with Crippen LogP contribution in [0.5, 0.6) is 0 Å². The van der Waals surface area contributed by atoms with Crippen LogP contribution >= 0.6 is 0 Å². The first-order valence-corrected chi connectivity index (χ1v) is 14.5. The molecule has 0 spiro atoms. The molecule has 0 fully saturated rings. The zero-order valence-corrected chi connectivity index (χ0v) is 21.4. The monoisotopic (exact) mass is 484 g/mol. The Bertz CT molecular complexity index is 1000. The predicted molar refractivity (Wildman–Crippen MR) is 141 cm³/mol. The molecule has 6 heteroatoms. The number of unbranched alkanes of at least 4 members (excludes halogenated alkanes) is 10. The van der Waals surface area contributed by atoms with E-state index in [2.05, 4.69) is 12.2 Å². The van der Waals surface area contributed by atoms with E-state index < -0.39 is 10.0 Å². The van der Waals surface area contributed by atoms with Crippen LogP contribution in [0.2, 0.25) is 0 Å². The average molecular weight is 485 g/mol. The number of anilines is 2. The maximum Gasteiger partial charge on any atom is 0.264 e. The summed E-state index contributed by atoms with van der Waals surface area (Å²) in [5.41, 5.74) is 2.44. The Labute approximate surface area is 206 Å². The van der Waals surface area contributed by atoms with E-state index in [0.717, 1.165) is 30.5 Å². The fourth-order valence-corrected chi connectivity index (χ4v) is 6.07. The Kier molecular flexibility index (Phi) is 10.4. The van der Waals surface area contributed by atoms with Crippen molar-refractivity contribution in [1.82, 2.24) is 0 Å². The van der Waals surface area contributed by atoms with Gasteiger partial charge in [-0.05, 0) is 48.7 Å². The molecule has 2 aromatic carbocycles. The Morgan fingerprint density at radius 2 is 1.41 bits per heavy atom. The largest absolute Gasteiger partial charge is 0.326 e. The van der Waals surface area contributed by atoms with Crippen molar-refractivity contribution < 1.29 is 13.2 Å². The first-order valence-electron chi connectivity index (χ1n) is 13.0. The zero-order valence-electron chi connectivity index (χ0n) is 20.6. The quantitative estimate of drug-likeness (QED) is 0.275. The van der Waals surface area contributed by atoms with Gasteiger partial charge in [0.05, 0.1) is 10.6 Å². The number of sulfonamides is 1. The van der Waals surface area contributed by atoms with Crippen LogP contribution in [0, 0.1) is 0 Å². The minimum absolute atomic E-state index is 0.0139. The number of amides is 1. The number of rotatable bonds is 15. The van der Waals surface area contributed by atoms with Crippen LogP contribution in [-0.2, 0) is 21.2 Å². The summed E-state index contributed by atoms with van der Waals surface area (Å²) in [5.74, 6) is -0.0139. The van der Waals surface area contributed by atoms with Gasteiger partial charge in [0, 0.05) is 18.7 Å². The fraction of sp³-hybridized carbons (Fsp3) is 0.536. The first-order chi connectivity index (χ1) is 16.5. The molecule has 1 aliphatic rings. The van der Waals surface area contributed by atoms with E-state index in [4.69, 9.17) is 0 Å². The van der Waals surface area contributed by atoms with Crippen LogP contribution in [0.4, 0.5) is 11.4 Å². The number of carbonyl (C=O) groups excluding carboxylic acids is 1. The van der Waals surface area contributed by atoms with Crippen molar-refractivity contribution in [3.8, 4) is 0 Å². The second-order valence-corrected chi connectivity index (χ2v) is 11.2. The summed E-state index contributed by atoms with van der Waals surface area (Å²) in [5, 5.41) is 2.89. The first kappa shape index (κ1) is 26.3. The second kappa shape index (κ2) is 13.5. The van der Waals surface area contributed by atoms with E-state index in [9.17, 15) is 13.2 Å². The standard InChI is InChI=1S/C28H40N2O3S/c1-2-3-4-5-6-7-8-9-10-11-12-17-28(31)29-25-18-20-26(21-19-25)34(32,33)30-23-22-24-15-13-14-16-27(24)30/h13-16,18-21H,2-12,17,22-23H2,1H3,(H,29,31). The number of carbonyl (C=O) groups is 1. The molecule has 186 valence electrons. The molecular formula is C28H40N2O3S. The molecule has 0 atom stereocenters. The highest BCUT2D eigenvalue weighted by Crippen LogP contribution is 2.32. The average Bonchev–Trinajstić information content (AvgIpc) is 3.28. The minimum atomic E-state index is -3.61. The maximum absolute atomic E-state index is 13.1. The molecule has 0 aromatic heterocycles. The third kappa shape index (κ3) is 7.59. The lowest BCUT2D eigenvalue weighted by atomic mass is 10.1. The van der Waals surface area contributed by atoms with Crippen LogP contribution in [0.3, 0.4) is 0 Å². The number of nitrogens with zero attached hydrogens (tertiary/aromatic N) is 1. The normalized spacial score (nSPS) is 13.1. The third-order valence-electron chi connectivity index (χ3n) is 6.58. The van der Waals surface area contributed by atoms with E-state index in [-0.39, 0.29) is 10.8 Å². The predicted octanol–water partition coefficient (Wildman–Crippen LogP) is 7.08. The van der Waals surface area contributed by atoms with Crippen molar-refractivity contribution >= 4 is 27.3 Å². The lowest BCUT2D eigenvalue weighted by molar-refractivity contribution is -0.116. The summed E-state index contributed by atoms with van der Waals surface area (Å²) in [7, 11) is -3.61. The molecule has 0 unspecified atom stereocenters. The fourth-order valence-electron chi connectivity index (χ4n) is 4.57. The molecule has 0 saturated carbocycles. The number of nitrogens with one attached hydrogen (secondary N) is 1. The Hall–Kier alpha value is -2.34. The van der Waals surface area contributed by atoms with E-state index in [0.29, 0.717) is 18.7 Å². The Balaban J connectivity index is 1.35. The topological polar surface area (TPSA) is 66.5 Å². The van der Waals surface area contributed by atoms with Crippen molar-refractivity contribution in [2.45, 2.75) is 95.3 Å². The zero-order chi connectivity index (χ0) is 24.2. The lowest BCUT2D eigenvalue weighted by Gasteiger charge is -2.19. The van der Waals surface area contributed by atoms with Gasteiger partial charge >= 0.3 is 0 Å². The molecule has 1 heterocycles. The van der Waals surface area contributed by atoms with Crippen LogP contribution in [0.1, 0.15) is 89.5 Å². The third-order valence-corrected chi connectivity index (χ3v) is 8.41. The minimum Gasteiger partial charge on any atom is -0.326 e. The molecule has 3 rings (SSSR count). The van der Waals surface area contributed by atoms with E-state index >= 15 is 0 Å². The van der Waals surface area contributed by atoms with Gasteiger partial charge in [-0.3, -0.25) is 9.10 Å². The van der Waals surface area contributed by atoms with Gasteiger partial charge in [0.25, 0.3) is 10.0 Å². The van der Waals surface area contributed by atoms with Gasteiger partial charge in [-0.15, -0.1) is 0 Å². The molecular weight excluding hydrogens is 444 g/mol. The van der Waals surface area contributed by atoms with Gasteiger partial charge in [-0.25, -0.2) is 8.42 Å². The Morgan fingerprint density at radius 1 is 0.824 bits per heavy atom. The molecule has 1 N–H and O–H groups in total.